The first-order valence-corrected chi connectivity index (χ1v) is 16.2. The van der Waals surface area contributed by atoms with E-state index in [1.54, 1.807) is 31.2 Å². The zero-order valence-electron chi connectivity index (χ0n) is 25.6. The van der Waals surface area contributed by atoms with Crippen molar-refractivity contribution in [3.8, 4) is 5.75 Å². The normalized spacial score (nSPS) is 11.8. The van der Waals surface area contributed by atoms with Crippen molar-refractivity contribution < 1.29 is 27.1 Å². The second-order valence-corrected chi connectivity index (χ2v) is 12.4. The van der Waals surface area contributed by atoms with Crippen molar-refractivity contribution >= 4 is 27.5 Å². The van der Waals surface area contributed by atoms with Gasteiger partial charge in [-0.1, -0.05) is 60.2 Å². The van der Waals surface area contributed by atoms with E-state index in [-0.39, 0.29) is 29.5 Å². The Hall–Kier alpha value is -4.70. The smallest absolute Gasteiger partial charge is 0.264 e. The van der Waals surface area contributed by atoms with E-state index in [1.807, 2.05) is 68.4 Å². The van der Waals surface area contributed by atoms with Gasteiger partial charge in [0.05, 0.1) is 17.2 Å². The van der Waals surface area contributed by atoms with Gasteiger partial charge in [-0.15, -0.1) is 0 Å². The largest absolute Gasteiger partial charge is 0.494 e. The number of likely N-dealkylation sites (N-methyl/N-ethyl adjacent to an activating group) is 1. The first-order chi connectivity index (χ1) is 21.6. The molecule has 0 aliphatic heterocycles. The molecule has 0 heterocycles. The van der Waals surface area contributed by atoms with Crippen LogP contribution in [-0.2, 0) is 32.6 Å². The van der Waals surface area contributed by atoms with Crippen molar-refractivity contribution in [2.45, 2.75) is 44.7 Å². The van der Waals surface area contributed by atoms with Crippen LogP contribution in [0.5, 0.6) is 5.75 Å². The van der Waals surface area contributed by atoms with Crippen LogP contribution < -0.4 is 14.4 Å². The molecule has 45 heavy (non-hydrogen) atoms. The van der Waals surface area contributed by atoms with Gasteiger partial charge in [0.1, 0.15) is 24.2 Å². The molecule has 8 nitrogen and oxygen atoms in total. The Labute approximate surface area is 264 Å². The number of aryl methyl sites for hydroxylation is 1. The van der Waals surface area contributed by atoms with Gasteiger partial charge >= 0.3 is 0 Å². The van der Waals surface area contributed by atoms with Crippen LogP contribution in [0.15, 0.2) is 108 Å². The first kappa shape index (κ1) is 33.2. The summed E-state index contributed by atoms with van der Waals surface area (Å²) in [5.41, 5.74) is 2.83. The first-order valence-electron chi connectivity index (χ1n) is 14.8. The van der Waals surface area contributed by atoms with Crippen LogP contribution in [0.4, 0.5) is 10.1 Å². The predicted molar refractivity (Wildman–Crippen MR) is 173 cm³/mol. The lowest BCUT2D eigenvalue weighted by Gasteiger charge is -2.34. The van der Waals surface area contributed by atoms with Gasteiger partial charge in [0.15, 0.2) is 0 Å². The summed E-state index contributed by atoms with van der Waals surface area (Å²) in [6, 6.07) is 26.8. The van der Waals surface area contributed by atoms with E-state index in [9.17, 15) is 22.4 Å². The maximum atomic E-state index is 14.4. The van der Waals surface area contributed by atoms with E-state index < -0.39 is 34.3 Å². The number of amides is 2. The average molecular weight is 632 g/mol. The number of rotatable bonds is 14. The Morgan fingerprint density at radius 2 is 1.53 bits per heavy atom. The van der Waals surface area contributed by atoms with Crippen LogP contribution >= 0.6 is 0 Å². The number of halogens is 1. The molecular formula is C35H38FN3O5S. The highest BCUT2D eigenvalue weighted by Crippen LogP contribution is 2.27. The molecule has 0 spiro atoms. The fourth-order valence-corrected chi connectivity index (χ4v) is 6.41. The number of carbonyl (C=O) groups is 2. The third-order valence-corrected chi connectivity index (χ3v) is 8.96. The van der Waals surface area contributed by atoms with Crippen LogP contribution in [-0.4, -0.2) is 50.9 Å². The van der Waals surface area contributed by atoms with Crippen molar-refractivity contribution in [2.75, 3.05) is 24.0 Å². The molecule has 0 aliphatic rings. The van der Waals surface area contributed by atoms with Crippen LogP contribution in [0.1, 0.15) is 30.5 Å². The quantitative estimate of drug-likeness (QED) is 0.198. The number of nitrogens with one attached hydrogen (secondary N) is 1. The number of anilines is 1. The Morgan fingerprint density at radius 1 is 0.867 bits per heavy atom. The second-order valence-electron chi connectivity index (χ2n) is 10.5. The molecule has 0 aliphatic carbocycles. The molecule has 0 saturated heterocycles. The maximum Gasteiger partial charge on any atom is 0.264 e. The fraction of sp³-hybridized carbons (Fsp3) is 0.257. The van der Waals surface area contributed by atoms with Crippen LogP contribution in [0.25, 0.3) is 0 Å². The summed E-state index contributed by atoms with van der Waals surface area (Å²) >= 11 is 0. The molecule has 2 amide bonds. The Balaban J connectivity index is 1.79. The zero-order chi connectivity index (χ0) is 32.4. The van der Waals surface area contributed by atoms with Crippen molar-refractivity contribution in [2.24, 2.45) is 0 Å². The molecule has 1 N–H and O–H groups in total. The molecule has 4 aromatic carbocycles. The number of hydrogen-bond donors (Lipinski definition) is 1. The molecule has 0 unspecified atom stereocenters. The lowest BCUT2D eigenvalue weighted by atomic mass is 10.0. The summed E-state index contributed by atoms with van der Waals surface area (Å²) in [7, 11) is -4.34. The standard InChI is InChI=1S/C35H38FN3O5S/c1-4-37-35(41)33(23-27-11-7-6-8-12-27)38(24-28-13-9-10-26(3)22-28)34(40)25-39(30-16-18-31(19-17-30)44-5-2)45(42,43)32-20-14-29(36)15-21-32/h6-22,33H,4-5,23-25H2,1-3H3,(H,37,41)/t33-/m0/s1. The monoisotopic (exact) mass is 631 g/mol. The average Bonchev–Trinajstić information content (AvgIpc) is 3.03. The number of carbonyl (C=O) groups excluding carboxylic acids is 2. The molecule has 0 bridgehead atoms. The fourth-order valence-electron chi connectivity index (χ4n) is 4.99. The minimum Gasteiger partial charge on any atom is -0.494 e. The lowest BCUT2D eigenvalue weighted by molar-refractivity contribution is -0.140. The van der Waals surface area contributed by atoms with Crippen molar-refractivity contribution in [3.05, 3.63) is 126 Å². The third-order valence-electron chi connectivity index (χ3n) is 7.17. The number of hydrogen-bond acceptors (Lipinski definition) is 5. The van der Waals surface area contributed by atoms with Gasteiger partial charge in [0.2, 0.25) is 11.8 Å². The predicted octanol–water partition coefficient (Wildman–Crippen LogP) is 5.50. The second kappa shape index (κ2) is 15.3. The third kappa shape index (κ3) is 8.69. The van der Waals surface area contributed by atoms with Crippen molar-refractivity contribution in [3.63, 3.8) is 0 Å². The molecule has 0 saturated carbocycles. The molecular weight excluding hydrogens is 593 g/mol. The van der Waals surface area contributed by atoms with Crippen molar-refractivity contribution in [1.82, 2.24) is 10.2 Å². The highest BCUT2D eigenvalue weighted by atomic mass is 32.2. The Morgan fingerprint density at radius 3 is 2.16 bits per heavy atom. The summed E-state index contributed by atoms with van der Waals surface area (Å²) in [4.78, 5) is 29.2. The van der Waals surface area contributed by atoms with E-state index in [1.165, 1.54) is 4.90 Å². The van der Waals surface area contributed by atoms with Gasteiger partial charge in [-0.3, -0.25) is 13.9 Å². The minimum absolute atomic E-state index is 0.0723. The minimum atomic E-state index is -4.34. The summed E-state index contributed by atoms with van der Waals surface area (Å²) in [6.07, 6.45) is 0.220. The van der Waals surface area contributed by atoms with Crippen LogP contribution in [0, 0.1) is 12.7 Å². The topological polar surface area (TPSA) is 96.0 Å². The van der Waals surface area contributed by atoms with E-state index >= 15 is 0 Å². The molecule has 1 atom stereocenters. The summed E-state index contributed by atoms with van der Waals surface area (Å²) in [5.74, 6) is -0.987. The van der Waals surface area contributed by atoms with Gasteiger partial charge < -0.3 is 15.0 Å². The van der Waals surface area contributed by atoms with Crippen molar-refractivity contribution in [1.29, 1.82) is 0 Å². The van der Waals surface area contributed by atoms with Gasteiger partial charge in [-0.2, -0.15) is 0 Å². The molecule has 10 heteroatoms. The number of sulfonamides is 1. The van der Waals surface area contributed by atoms with Gasteiger partial charge in [0.25, 0.3) is 10.0 Å². The number of ether oxygens (including phenoxy) is 1. The van der Waals surface area contributed by atoms with Crippen LogP contribution in [0.3, 0.4) is 0 Å². The number of benzene rings is 4. The van der Waals surface area contributed by atoms with Gasteiger partial charge in [-0.25, -0.2) is 12.8 Å². The van der Waals surface area contributed by atoms with E-state index in [0.717, 1.165) is 45.3 Å². The lowest BCUT2D eigenvalue weighted by Crippen LogP contribution is -2.53. The highest BCUT2D eigenvalue weighted by molar-refractivity contribution is 7.92. The Bertz CT molecular complexity index is 1680. The molecule has 0 fully saturated rings. The zero-order valence-corrected chi connectivity index (χ0v) is 26.5. The summed E-state index contributed by atoms with van der Waals surface area (Å²) < 4.78 is 48.3. The number of nitrogens with zero attached hydrogens (tertiary/aromatic N) is 2. The molecule has 0 aromatic heterocycles. The van der Waals surface area contributed by atoms with Gasteiger partial charge in [0, 0.05) is 19.5 Å². The maximum absolute atomic E-state index is 14.4. The summed E-state index contributed by atoms with van der Waals surface area (Å²) in [5, 5.41) is 2.85. The van der Waals surface area contributed by atoms with E-state index in [4.69, 9.17) is 4.74 Å². The molecule has 0 radical (unpaired) electrons. The highest BCUT2D eigenvalue weighted by Gasteiger charge is 2.34. The van der Waals surface area contributed by atoms with E-state index in [0.29, 0.717) is 18.9 Å². The van der Waals surface area contributed by atoms with Crippen LogP contribution in [0.2, 0.25) is 0 Å². The van der Waals surface area contributed by atoms with Gasteiger partial charge in [-0.05, 0) is 80.4 Å². The molecule has 236 valence electrons. The Kier molecular flexibility index (Phi) is 11.3. The SMILES string of the molecule is CCNC(=O)[C@H](Cc1ccccc1)N(Cc1cccc(C)c1)C(=O)CN(c1ccc(OCC)cc1)S(=O)(=O)c1ccc(F)cc1. The molecule has 4 aromatic rings. The van der Waals surface area contributed by atoms with E-state index in [2.05, 4.69) is 5.32 Å². The molecule has 4 rings (SSSR count). The summed E-state index contributed by atoms with van der Waals surface area (Å²) in [6.45, 7) is 5.81.